The summed E-state index contributed by atoms with van der Waals surface area (Å²) in [5.74, 6) is 4.05. The lowest BCUT2D eigenvalue weighted by atomic mass is 9.91. The van der Waals surface area contributed by atoms with Gasteiger partial charge in [-0.15, -0.1) is 0 Å². The highest BCUT2D eigenvalue weighted by molar-refractivity contribution is 5.78. The van der Waals surface area contributed by atoms with Crippen molar-refractivity contribution in [1.29, 1.82) is 0 Å². The van der Waals surface area contributed by atoms with Gasteiger partial charge in [-0.05, 0) is 161 Å². The number of aliphatic hydroxyl groups is 2. The van der Waals surface area contributed by atoms with Crippen LogP contribution in [0, 0.1) is 29.1 Å². The molecule has 7 atom stereocenters. The van der Waals surface area contributed by atoms with Crippen LogP contribution in [0.25, 0.3) is 56.7 Å². The van der Waals surface area contributed by atoms with Crippen LogP contribution in [-0.4, -0.2) is 181 Å². The second-order valence-electron chi connectivity index (χ2n) is 33.5. The summed E-state index contributed by atoms with van der Waals surface area (Å²) in [5.41, 5.74) is 12.7. The maximum absolute atomic E-state index is 14.0. The van der Waals surface area contributed by atoms with Gasteiger partial charge in [0.1, 0.15) is 119 Å². The van der Waals surface area contributed by atoms with Crippen LogP contribution in [-0.2, 0) is 4.74 Å². The smallest absolute Gasteiger partial charge is 0.166 e. The van der Waals surface area contributed by atoms with E-state index < -0.39 is 36.0 Å². The monoisotopic (exact) mass is 1890 g/mol. The Morgan fingerprint density at radius 2 is 0.768 bits per heavy atom. The molecule has 0 saturated heterocycles. The summed E-state index contributed by atoms with van der Waals surface area (Å²) in [4.78, 5) is 23.2. The largest absolute Gasteiger partial charge is 0.491 e. The van der Waals surface area contributed by atoms with Gasteiger partial charge in [-0.2, -0.15) is 25.5 Å². The summed E-state index contributed by atoms with van der Waals surface area (Å²) in [6.45, 7) is 33.0. The summed E-state index contributed by atoms with van der Waals surface area (Å²) in [5, 5.41) is 74.6. The Morgan fingerprint density at radius 3 is 1.16 bits per heavy atom. The van der Waals surface area contributed by atoms with Crippen LogP contribution in [0.5, 0.6) is 28.7 Å². The fourth-order valence-corrected chi connectivity index (χ4v) is 16.3. The standard InChI is InChI=1S/C21H24FN5O.2C20H22FN5O2.C19H19F2N5O.C19H20FN5O2/c1-4-15-12-28-19-7-6-14(22)10-16(19)18(5-2)25-20-8-9-27-21(26-20)17(11-23-27)13(3)24-15;1-12-15-11-23-26-8-6-17(25-19(15)26)24-18(20(2,3)27)14-10-13(21)4-5-16(14)28-9-7-22-12;1-12-17-10-23-26-7-6-19(25-20(17)26)24-13(2)16-8-14(21)4-5-18(16)28-15(9-22-12)11-27-3;1-12-15-11-23-26-8-5-18(25-19(15)26)24-16(4-6-20)14-10-13(21)2-3-17(14)27-9-7-22-12;1-12-15-11-22-25-7-4-18(24-19(15)25)23-16(5-8-26)14-10-13(20)2-3-17(14)27-9-6-21-12/h6-11,15,18,24H,3-5,12H2,1-2H3,(H,25,26);4-6,8,10-11,18,22,27H,1,7,9H2,2-3H3,(H,24,25);4-8,10,13,15,22H,1,9,11H2,2-3H3,(H,24,25);2-3,5,8,10-11,16,22H,1,4,6-7,9H2,(H,24,25);2-4,7,10-11,16,21,26H,1,5-6,8-9H2,(H,23,24)/t15-,18+;18-;13-,15+;2*16-/m00111/s1. The number of ether oxygens (including phenoxy) is 6. The van der Waals surface area contributed by atoms with Gasteiger partial charge in [0.2, 0.25) is 0 Å². The average molecular weight is 1890 g/mol. The minimum absolute atomic E-state index is 0.0531. The van der Waals surface area contributed by atoms with Gasteiger partial charge in [-0.1, -0.05) is 46.7 Å². The van der Waals surface area contributed by atoms with Gasteiger partial charge < -0.3 is 91.8 Å². The molecule has 20 rings (SSSR count). The normalized spacial score (nSPS) is 18.2. The maximum atomic E-state index is 14.0. The van der Waals surface area contributed by atoms with Gasteiger partial charge in [0, 0.05) is 127 Å². The van der Waals surface area contributed by atoms with Crippen molar-refractivity contribution in [2.75, 3.05) is 106 Å². The number of rotatable bonds is 9. The van der Waals surface area contributed by atoms with Gasteiger partial charge in [-0.3, -0.25) is 4.39 Å². The minimum atomic E-state index is -1.22. The average Bonchev–Trinajstić information content (AvgIpc) is 1.41. The third kappa shape index (κ3) is 22.3. The van der Waals surface area contributed by atoms with Crippen molar-refractivity contribution in [2.45, 2.75) is 108 Å². The molecule has 0 unspecified atom stereocenters. The van der Waals surface area contributed by atoms with Gasteiger partial charge in [0.25, 0.3) is 0 Å². The van der Waals surface area contributed by atoms with E-state index in [1.807, 2.05) is 38.4 Å². The lowest BCUT2D eigenvalue weighted by molar-refractivity contribution is 0.0576. The van der Waals surface area contributed by atoms with Crippen molar-refractivity contribution in [3.05, 3.63) is 301 Å². The van der Waals surface area contributed by atoms with E-state index in [0.717, 1.165) is 51.9 Å². The summed E-state index contributed by atoms with van der Waals surface area (Å²) in [6.07, 6.45) is 19.4. The Balaban J connectivity index is 0.000000125. The first-order valence-electron chi connectivity index (χ1n) is 45.0. The molecule has 0 amide bonds. The molecule has 10 aromatic heterocycles. The van der Waals surface area contributed by atoms with Gasteiger partial charge >= 0.3 is 0 Å². The first-order valence-corrected chi connectivity index (χ1v) is 45.0. The molecule has 0 saturated carbocycles. The number of aromatic nitrogens is 15. The fraction of sp³-hybridized carbons (Fsp3) is 0.293. The molecular formula is C99H107F6N25O8. The van der Waals surface area contributed by atoms with Crippen molar-refractivity contribution in [1.82, 2.24) is 99.6 Å². The molecule has 138 heavy (non-hydrogen) atoms. The van der Waals surface area contributed by atoms with Gasteiger partial charge in [0.15, 0.2) is 28.2 Å². The van der Waals surface area contributed by atoms with E-state index in [2.05, 4.69) is 138 Å². The Labute approximate surface area is 790 Å². The number of methoxy groups -OCH3 is 1. The van der Waals surface area contributed by atoms with E-state index in [1.165, 1.54) is 60.7 Å². The lowest BCUT2D eigenvalue weighted by Gasteiger charge is -2.32. The highest BCUT2D eigenvalue weighted by Crippen LogP contribution is 2.40. The molecule has 33 nitrogen and oxygen atoms in total. The van der Waals surface area contributed by atoms with Crippen LogP contribution in [0.2, 0.25) is 0 Å². The van der Waals surface area contributed by atoms with Gasteiger partial charge in [-0.25, -0.2) is 69.4 Å². The first-order chi connectivity index (χ1) is 66.8. The van der Waals surface area contributed by atoms with Crippen LogP contribution >= 0.6 is 0 Å². The number of alkyl halides is 1. The molecule has 0 aliphatic carbocycles. The molecule has 5 aromatic carbocycles. The third-order valence-corrected chi connectivity index (χ3v) is 23.4. The number of hydrogen-bond donors (Lipinski definition) is 12. The zero-order chi connectivity index (χ0) is 96.8. The Bertz CT molecular complexity index is 6780. The van der Waals surface area contributed by atoms with Crippen molar-refractivity contribution in [3.8, 4) is 28.7 Å². The van der Waals surface area contributed by atoms with E-state index in [-0.39, 0.29) is 60.8 Å². The predicted octanol–water partition coefficient (Wildman–Crippen LogP) is 15.6. The molecule has 5 aliphatic heterocycles. The van der Waals surface area contributed by atoms with Crippen molar-refractivity contribution in [3.63, 3.8) is 0 Å². The molecule has 0 fully saturated rings. The Kier molecular flexibility index (Phi) is 29.7. The van der Waals surface area contributed by atoms with Crippen LogP contribution in [0.3, 0.4) is 0 Å². The summed E-state index contributed by atoms with van der Waals surface area (Å²) >= 11 is 0. The first kappa shape index (κ1) is 95.5. The topological polar surface area (TPSA) is 367 Å². The zero-order valence-corrected chi connectivity index (χ0v) is 76.8. The molecular weight excluding hydrogens is 1780 g/mol. The maximum Gasteiger partial charge on any atom is 0.166 e. The van der Waals surface area contributed by atoms with E-state index in [1.54, 1.807) is 142 Å². The van der Waals surface area contributed by atoms with Crippen LogP contribution in [0.1, 0.15) is 146 Å². The number of hydrogen-bond acceptors (Lipinski definition) is 28. The number of benzene rings is 5. The summed E-state index contributed by atoms with van der Waals surface area (Å²) in [6, 6.07) is 29.3. The molecule has 5 aliphatic rings. The van der Waals surface area contributed by atoms with Gasteiger partial charge in [0.05, 0.1) is 120 Å². The Hall–Kier alpha value is -15.6. The van der Waals surface area contributed by atoms with E-state index >= 15 is 0 Å². The number of halogens is 6. The highest BCUT2D eigenvalue weighted by Gasteiger charge is 2.34. The molecule has 12 N–H and O–H groups in total. The lowest BCUT2D eigenvalue weighted by Crippen LogP contribution is -2.35. The predicted molar refractivity (Wildman–Crippen MR) is 516 cm³/mol. The van der Waals surface area contributed by atoms with E-state index in [0.29, 0.717) is 197 Å². The SMILES string of the molecule is C=C1NCCOc2ccc(F)cc2[C@@H](C(C)(C)O)Nc2ccn3ncc1c3n2.C=C1NCCOc2ccc(F)cc2[C@@H](CCF)Nc2ccn3ncc1c3n2.C=C1NCCOc2ccc(F)cc2[C@@H](CCO)Nc2ccn3ncc1c3n2.C=C1NC[C@@H](COC)Oc2ccc(F)cc2[C@@H](C)Nc2ccn3ncc1c3n2.C=C1N[C@@H](CC)COc2ccc(F)cc2[C@@H](CC)Nc2ccn3ncc1c3n2. The van der Waals surface area contributed by atoms with E-state index in [4.69, 9.17) is 33.4 Å². The molecule has 10 bridgehead atoms. The minimum Gasteiger partial charge on any atom is -0.491 e. The highest BCUT2D eigenvalue weighted by atomic mass is 19.1. The molecule has 15 aromatic rings. The summed E-state index contributed by atoms with van der Waals surface area (Å²) in [7, 11) is 1.62. The molecule has 39 heteroatoms. The molecule has 0 radical (unpaired) electrons. The Morgan fingerprint density at radius 1 is 0.420 bits per heavy atom. The molecule has 0 spiro atoms. The van der Waals surface area contributed by atoms with Crippen molar-refractivity contribution >= 4 is 85.8 Å². The van der Waals surface area contributed by atoms with E-state index in [9.17, 15) is 36.6 Å². The van der Waals surface area contributed by atoms with Crippen molar-refractivity contribution in [2.24, 2.45) is 0 Å². The summed E-state index contributed by atoms with van der Waals surface area (Å²) < 4.78 is 126. The zero-order valence-electron chi connectivity index (χ0n) is 76.8. The van der Waals surface area contributed by atoms with Crippen LogP contribution < -0.4 is 76.9 Å². The number of nitrogens with zero attached hydrogens (tertiary/aromatic N) is 15. The second kappa shape index (κ2) is 42.9. The van der Waals surface area contributed by atoms with Crippen molar-refractivity contribution < 1.29 is 65.0 Å². The van der Waals surface area contributed by atoms with Crippen LogP contribution in [0.4, 0.5) is 55.4 Å². The number of nitrogens with one attached hydrogen (secondary N) is 10. The van der Waals surface area contributed by atoms with Crippen LogP contribution in [0.15, 0.2) is 216 Å². The fourth-order valence-electron chi connectivity index (χ4n) is 16.3. The number of fused-ring (bicyclic) bond motifs is 10. The third-order valence-electron chi connectivity index (χ3n) is 23.4. The quantitative estimate of drug-likeness (QED) is 0.0597. The number of anilines is 5. The molecule has 718 valence electrons. The molecule has 15 heterocycles. The second-order valence-corrected chi connectivity index (χ2v) is 33.5. The number of aliphatic hydroxyl groups excluding tert-OH is 1.